The van der Waals surface area contributed by atoms with Gasteiger partial charge in [0.2, 0.25) is 23.6 Å². The minimum Gasteiger partial charge on any atom is -0.421 e. The van der Waals surface area contributed by atoms with Crippen LogP contribution >= 0.6 is 0 Å². The normalized spacial score (nSPS) is 25.4. The molecule has 2 aromatic heterocycles. The minimum atomic E-state index is -0.521. The van der Waals surface area contributed by atoms with Gasteiger partial charge >= 0.3 is 0 Å². The van der Waals surface area contributed by atoms with Crippen LogP contribution in [-0.2, 0) is 27.3 Å². The number of aromatic nitrogens is 4. The number of benzene rings is 1. The molecule has 4 heterocycles. The molecule has 0 unspecified atom stereocenters. The summed E-state index contributed by atoms with van der Waals surface area (Å²) in [6.45, 7) is 5.42. The van der Waals surface area contributed by atoms with Crippen LogP contribution in [-0.4, -0.2) is 78.8 Å². The molecule has 6 rings (SSSR count). The van der Waals surface area contributed by atoms with Gasteiger partial charge in [-0.1, -0.05) is 19.1 Å². The first-order valence-electron chi connectivity index (χ1n) is 14.7. The van der Waals surface area contributed by atoms with Crippen LogP contribution in [0.4, 0.5) is 0 Å². The number of Topliss-reactive ketones (excluding diaryl/α,β-unsaturated/α-hetero) is 2. The van der Waals surface area contributed by atoms with E-state index in [1.807, 2.05) is 32.2 Å². The van der Waals surface area contributed by atoms with Crippen molar-refractivity contribution in [2.75, 3.05) is 13.6 Å². The lowest BCUT2D eigenvalue weighted by Crippen LogP contribution is -2.44. The number of carbonyl (C=O) groups excluding carboxylic acids is 4. The number of hydrogen-bond acceptors (Lipinski definition) is 8. The molecule has 0 radical (unpaired) electrons. The standard InChI is InChI=1S/C31H36N6O5/c1-5-24(39)23-14-31-15-25(31)37(23)27(41)16-36-29-20(10-8-6-7-9-11-26(40)35(4)17-31)12-21(30-33-32-19(3)42-30)13-22(29)28(34-36)18(2)38/h6,8,12-13,23,25H,5,7,9-11,14-17H2,1-4H3/b8-6+/t23-,25+,31-/m0/s1. The summed E-state index contributed by atoms with van der Waals surface area (Å²) >= 11 is 0. The first-order chi connectivity index (χ1) is 20.1. The molecule has 220 valence electrons. The third-order valence-corrected chi connectivity index (χ3v) is 8.98. The molecular formula is C31H36N6O5. The van der Waals surface area contributed by atoms with E-state index >= 15 is 0 Å². The second kappa shape index (κ2) is 10.6. The number of ketones is 2. The fourth-order valence-electron chi connectivity index (χ4n) is 6.86. The Morgan fingerprint density at radius 3 is 2.64 bits per heavy atom. The van der Waals surface area contributed by atoms with Crippen molar-refractivity contribution in [1.29, 1.82) is 0 Å². The van der Waals surface area contributed by atoms with Gasteiger partial charge in [-0.3, -0.25) is 23.9 Å². The zero-order chi connectivity index (χ0) is 29.8. The van der Waals surface area contributed by atoms with E-state index in [2.05, 4.69) is 21.4 Å². The summed E-state index contributed by atoms with van der Waals surface area (Å²) in [5, 5.41) is 13.4. The van der Waals surface area contributed by atoms with Crippen molar-refractivity contribution in [2.24, 2.45) is 5.41 Å². The van der Waals surface area contributed by atoms with Gasteiger partial charge in [0.15, 0.2) is 11.6 Å². The van der Waals surface area contributed by atoms with Gasteiger partial charge < -0.3 is 14.2 Å². The van der Waals surface area contributed by atoms with E-state index in [0.29, 0.717) is 60.5 Å². The number of amides is 2. The number of piperidine rings is 1. The summed E-state index contributed by atoms with van der Waals surface area (Å²) in [6.07, 6.45) is 8.17. The van der Waals surface area contributed by atoms with Gasteiger partial charge in [-0.05, 0) is 49.8 Å². The lowest BCUT2D eigenvalue weighted by atomic mass is 9.95. The maximum Gasteiger partial charge on any atom is 0.247 e. The molecule has 11 heteroatoms. The Balaban J connectivity index is 1.47. The third-order valence-electron chi connectivity index (χ3n) is 8.98. The quantitative estimate of drug-likeness (QED) is 0.342. The highest BCUT2D eigenvalue weighted by Gasteiger charge is 2.67. The van der Waals surface area contributed by atoms with Gasteiger partial charge in [-0.25, -0.2) is 0 Å². The molecule has 1 saturated carbocycles. The maximum atomic E-state index is 14.1. The van der Waals surface area contributed by atoms with E-state index in [1.54, 1.807) is 21.4 Å². The van der Waals surface area contributed by atoms with Crippen LogP contribution in [0.15, 0.2) is 28.7 Å². The van der Waals surface area contributed by atoms with Gasteiger partial charge in [0.1, 0.15) is 12.2 Å². The van der Waals surface area contributed by atoms with Gasteiger partial charge in [0, 0.05) is 62.7 Å². The first-order valence-corrected chi connectivity index (χ1v) is 14.7. The van der Waals surface area contributed by atoms with Crippen LogP contribution in [0.5, 0.6) is 0 Å². The Kier molecular flexibility index (Phi) is 7.06. The van der Waals surface area contributed by atoms with Crippen LogP contribution in [0.2, 0.25) is 0 Å². The highest BCUT2D eigenvalue weighted by atomic mass is 16.4. The van der Waals surface area contributed by atoms with Crippen molar-refractivity contribution in [2.45, 2.75) is 84.3 Å². The second-order valence-corrected chi connectivity index (χ2v) is 12.0. The van der Waals surface area contributed by atoms with E-state index < -0.39 is 6.04 Å². The molecule has 0 spiro atoms. The molecule has 3 atom stereocenters. The molecule has 2 amide bonds. The van der Waals surface area contributed by atoms with Crippen LogP contribution in [0, 0.1) is 12.3 Å². The van der Waals surface area contributed by atoms with E-state index in [1.165, 1.54) is 6.92 Å². The van der Waals surface area contributed by atoms with Gasteiger partial charge in [0.25, 0.3) is 0 Å². The van der Waals surface area contributed by atoms with Crippen LogP contribution < -0.4 is 0 Å². The van der Waals surface area contributed by atoms with Gasteiger partial charge in [-0.2, -0.15) is 5.10 Å². The predicted octanol–water partition coefficient (Wildman–Crippen LogP) is 3.68. The Morgan fingerprint density at radius 2 is 1.93 bits per heavy atom. The van der Waals surface area contributed by atoms with E-state index in [4.69, 9.17) is 4.42 Å². The molecule has 1 aliphatic carbocycles. The molecule has 1 saturated heterocycles. The number of hydrogen-bond donors (Lipinski definition) is 0. The average Bonchev–Trinajstić information content (AvgIpc) is 3.24. The van der Waals surface area contributed by atoms with Gasteiger partial charge in [0.05, 0.1) is 11.6 Å². The van der Waals surface area contributed by atoms with Crippen LogP contribution in [0.1, 0.15) is 74.3 Å². The van der Waals surface area contributed by atoms with Crippen molar-refractivity contribution in [1.82, 2.24) is 29.8 Å². The molecule has 1 aromatic carbocycles. The van der Waals surface area contributed by atoms with Crippen molar-refractivity contribution in [3.63, 3.8) is 0 Å². The van der Waals surface area contributed by atoms with Gasteiger partial charge in [-0.15, -0.1) is 10.2 Å². The van der Waals surface area contributed by atoms with Crippen molar-refractivity contribution in [3.05, 3.63) is 41.4 Å². The van der Waals surface area contributed by atoms with Crippen LogP contribution in [0.3, 0.4) is 0 Å². The number of rotatable bonds is 4. The van der Waals surface area contributed by atoms with Crippen molar-refractivity contribution < 1.29 is 23.6 Å². The second-order valence-electron chi connectivity index (χ2n) is 12.0. The van der Waals surface area contributed by atoms with Crippen molar-refractivity contribution in [3.8, 4) is 11.5 Å². The number of allylic oxidation sites excluding steroid dienone is 2. The van der Waals surface area contributed by atoms with E-state index in [0.717, 1.165) is 24.8 Å². The molecule has 2 bridgehead atoms. The summed E-state index contributed by atoms with van der Waals surface area (Å²) in [4.78, 5) is 56.4. The third kappa shape index (κ3) is 4.84. The molecule has 3 aromatic rings. The zero-order valence-electron chi connectivity index (χ0n) is 24.6. The fraction of sp³-hybridized carbons (Fsp3) is 0.516. The molecular weight excluding hydrogens is 536 g/mol. The van der Waals surface area contributed by atoms with Crippen molar-refractivity contribution >= 4 is 34.3 Å². The highest BCUT2D eigenvalue weighted by molar-refractivity contribution is 6.07. The Hall–Kier alpha value is -4.15. The molecule has 2 aliphatic heterocycles. The summed E-state index contributed by atoms with van der Waals surface area (Å²) in [5.41, 5.74) is 2.21. The smallest absolute Gasteiger partial charge is 0.247 e. The number of carbonyl (C=O) groups is 4. The van der Waals surface area contributed by atoms with Crippen LogP contribution in [0.25, 0.3) is 22.4 Å². The number of aryl methyl sites for hydroxylation is 1. The molecule has 3 aliphatic rings. The summed E-state index contributed by atoms with van der Waals surface area (Å²) in [5.74, 6) is 0.442. The minimum absolute atomic E-state index is 0.0263. The summed E-state index contributed by atoms with van der Waals surface area (Å²) in [6, 6.07) is 3.13. The average molecular weight is 573 g/mol. The largest absolute Gasteiger partial charge is 0.421 e. The Labute approximate surface area is 243 Å². The molecule has 11 nitrogen and oxygen atoms in total. The lowest BCUT2D eigenvalue weighted by Gasteiger charge is -2.26. The number of nitrogens with zero attached hydrogens (tertiary/aromatic N) is 6. The zero-order valence-corrected chi connectivity index (χ0v) is 24.6. The topological polar surface area (TPSA) is 132 Å². The maximum absolute atomic E-state index is 14.1. The molecule has 42 heavy (non-hydrogen) atoms. The predicted molar refractivity (Wildman–Crippen MR) is 153 cm³/mol. The Bertz CT molecular complexity index is 1640. The molecule has 2 fully saturated rings. The van der Waals surface area contributed by atoms with E-state index in [9.17, 15) is 19.2 Å². The summed E-state index contributed by atoms with van der Waals surface area (Å²) in [7, 11) is 1.82. The SMILES string of the molecule is CCC(=O)[C@@H]1C[C@@]23C[C@H]2N1C(=O)Cn1nc(C(C)=O)c2cc(-c4nnc(C)o4)cc(c21)C/C=C/CCCC(=O)N(C)C3. The Morgan fingerprint density at radius 1 is 1.12 bits per heavy atom. The monoisotopic (exact) mass is 572 g/mol. The first kappa shape index (κ1) is 28.0. The highest BCUT2D eigenvalue weighted by Crippen LogP contribution is 2.60. The lowest BCUT2D eigenvalue weighted by molar-refractivity contribution is -0.139. The summed E-state index contributed by atoms with van der Waals surface area (Å²) < 4.78 is 7.31. The fourth-order valence-corrected chi connectivity index (χ4v) is 6.86. The molecule has 0 N–H and O–H groups in total. The van der Waals surface area contributed by atoms with E-state index in [-0.39, 0.29) is 47.1 Å².